The Bertz CT molecular complexity index is 857. The van der Waals surface area contributed by atoms with E-state index in [0.717, 1.165) is 19.3 Å². The molecule has 1 aliphatic heterocycles. The Morgan fingerprint density at radius 1 is 0.929 bits per heavy atom. The summed E-state index contributed by atoms with van der Waals surface area (Å²) in [5.41, 5.74) is 1.21. The van der Waals surface area contributed by atoms with Crippen LogP contribution in [-0.2, 0) is 4.79 Å². The van der Waals surface area contributed by atoms with Gasteiger partial charge in [0.25, 0.3) is 11.8 Å². The Kier molecular flexibility index (Phi) is 6.71. The molecular weight excluding hydrogens is 376 g/mol. The third kappa shape index (κ3) is 4.73. The monoisotopic (exact) mass is 398 g/mol. The molecule has 0 aromatic heterocycles. The van der Waals surface area contributed by atoms with Crippen LogP contribution >= 0.6 is 11.6 Å². The smallest absolute Gasteiger partial charge is 0.271 e. The van der Waals surface area contributed by atoms with Crippen LogP contribution in [0.4, 0.5) is 0 Å². The lowest BCUT2D eigenvalue weighted by Crippen LogP contribution is -2.41. The summed E-state index contributed by atoms with van der Waals surface area (Å²) in [7, 11) is 1.56. The van der Waals surface area contributed by atoms with Gasteiger partial charge >= 0.3 is 0 Å². The molecule has 1 saturated heterocycles. The number of piperidine rings is 1. The number of methoxy groups -OCH3 is 1. The lowest BCUT2D eigenvalue weighted by molar-refractivity contribution is -0.128. The van der Waals surface area contributed by atoms with Crippen molar-refractivity contribution in [2.24, 2.45) is 0 Å². The number of benzene rings is 2. The van der Waals surface area contributed by atoms with E-state index >= 15 is 0 Å². The Morgan fingerprint density at radius 2 is 1.57 bits per heavy atom. The van der Waals surface area contributed by atoms with Gasteiger partial charge in [0.2, 0.25) is 0 Å². The second kappa shape index (κ2) is 9.42. The van der Waals surface area contributed by atoms with Gasteiger partial charge in [-0.05, 0) is 49.1 Å². The number of halogens is 1. The van der Waals surface area contributed by atoms with E-state index < -0.39 is 5.91 Å². The molecule has 1 fully saturated rings. The first-order chi connectivity index (χ1) is 13.6. The highest BCUT2D eigenvalue weighted by atomic mass is 35.5. The summed E-state index contributed by atoms with van der Waals surface area (Å²) in [6.07, 6.45) is 3.01. The predicted molar refractivity (Wildman–Crippen MR) is 110 cm³/mol. The molecule has 3 rings (SSSR count). The number of hydrogen-bond acceptors (Lipinski definition) is 3. The van der Waals surface area contributed by atoms with Gasteiger partial charge in [-0.2, -0.15) is 0 Å². The van der Waals surface area contributed by atoms with E-state index in [2.05, 4.69) is 5.32 Å². The fraction of sp³-hybridized carbons (Fsp3) is 0.273. The highest BCUT2D eigenvalue weighted by molar-refractivity contribution is 6.51. The van der Waals surface area contributed by atoms with E-state index in [0.29, 0.717) is 30.0 Å². The zero-order chi connectivity index (χ0) is 19.9. The van der Waals surface area contributed by atoms with Gasteiger partial charge in [0, 0.05) is 18.7 Å². The first kappa shape index (κ1) is 20.0. The number of carbonyl (C=O) groups excluding carboxylic acids is 2. The maximum atomic E-state index is 13.1. The minimum Gasteiger partial charge on any atom is -0.497 e. The zero-order valence-electron chi connectivity index (χ0n) is 15.8. The number of likely N-dealkylation sites (tertiary alicyclic amines) is 1. The number of ether oxygens (including phenoxy) is 1. The normalized spacial score (nSPS) is 14.9. The highest BCUT2D eigenvalue weighted by Gasteiger charge is 2.25. The first-order valence-electron chi connectivity index (χ1n) is 9.30. The lowest BCUT2D eigenvalue weighted by atomic mass is 10.1. The molecule has 28 heavy (non-hydrogen) atoms. The molecule has 1 N–H and O–H groups in total. The topological polar surface area (TPSA) is 58.6 Å². The van der Waals surface area contributed by atoms with E-state index in [1.807, 2.05) is 30.3 Å². The Hall–Kier alpha value is -2.79. The molecule has 1 aliphatic rings. The number of amides is 2. The summed E-state index contributed by atoms with van der Waals surface area (Å²) in [4.78, 5) is 27.6. The number of nitrogens with zero attached hydrogens (tertiary/aromatic N) is 1. The molecule has 0 unspecified atom stereocenters. The van der Waals surface area contributed by atoms with Gasteiger partial charge in [0.05, 0.1) is 12.1 Å². The van der Waals surface area contributed by atoms with Crippen LogP contribution < -0.4 is 10.1 Å². The van der Waals surface area contributed by atoms with Crippen molar-refractivity contribution in [1.29, 1.82) is 0 Å². The van der Waals surface area contributed by atoms with Gasteiger partial charge < -0.3 is 15.0 Å². The zero-order valence-corrected chi connectivity index (χ0v) is 16.5. The third-order valence-corrected chi connectivity index (χ3v) is 5.10. The second-order valence-electron chi connectivity index (χ2n) is 6.59. The molecule has 0 saturated carbocycles. The van der Waals surface area contributed by atoms with Crippen molar-refractivity contribution in [2.75, 3.05) is 20.2 Å². The van der Waals surface area contributed by atoms with Crippen LogP contribution in [0.1, 0.15) is 35.2 Å². The van der Waals surface area contributed by atoms with Crippen molar-refractivity contribution < 1.29 is 14.3 Å². The van der Waals surface area contributed by atoms with E-state index in [1.165, 1.54) is 0 Å². The van der Waals surface area contributed by atoms with Crippen LogP contribution in [0.2, 0.25) is 0 Å². The van der Waals surface area contributed by atoms with E-state index in [9.17, 15) is 9.59 Å². The van der Waals surface area contributed by atoms with E-state index in [1.54, 1.807) is 36.3 Å². The van der Waals surface area contributed by atoms with Gasteiger partial charge in [0.1, 0.15) is 11.4 Å². The number of hydrogen-bond donors (Lipinski definition) is 1. The minimum atomic E-state index is -0.392. The molecule has 146 valence electrons. The van der Waals surface area contributed by atoms with E-state index in [-0.39, 0.29) is 16.6 Å². The van der Waals surface area contributed by atoms with Gasteiger partial charge in [-0.3, -0.25) is 9.59 Å². The van der Waals surface area contributed by atoms with Gasteiger partial charge in [0.15, 0.2) is 0 Å². The molecule has 0 bridgehead atoms. The number of nitrogens with one attached hydrogen (secondary N) is 1. The average molecular weight is 399 g/mol. The quantitative estimate of drug-likeness (QED) is 0.773. The molecule has 2 aromatic rings. The van der Waals surface area contributed by atoms with Gasteiger partial charge in [-0.25, -0.2) is 0 Å². The predicted octanol–water partition coefficient (Wildman–Crippen LogP) is 4.05. The molecular formula is C22H23ClN2O3. The van der Waals surface area contributed by atoms with E-state index in [4.69, 9.17) is 16.3 Å². The molecule has 0 aliphatic carbocycles. The first-order valence-corrected chi connectivity index (χ1v) is 9.68. The SMILES string of the molecule is COc1ccc(C(=O)N/C(C(=O)N2CCCCC2)=C(\Cl)c2ccccc2)cc1. The Morgan fingerprint density at radius 3 is 2.18 bits per heavy atom. The second-order valence-corrected chi connectivity index (χ2v) is 6.97. The maximum absolute atomic E-state index is 13.1. The molecule has 5 nitrogen and oxygen atoms in total. The summed E-state index contributed by atoms with van der Waals surface area (Å²) >= 11 is 6.56. The van der Waals surface area contributed by atoms with Crippen LogP contribution in [-0.4, -0.2) is 36.9 Å². The van der Waals surface area contributed by atoms with Crippen LogP contribution in [0.25, 0.3) is 5.03 Å². The standard InChI is InChI=1S/C22H23ClN2O3/c1-28-18-12-10-17(11-13-18)21(26)24-20(19(23)16-8-4-2-5-9-16)22(27)25-14-6-3-7-15-25/h2,4-5,8-13H,3,6-7,14-15H2,1H3,(H,24,26)/b20-19-. The van der Waals surface area contributed by atoms with Crippen molar-refractivity contribution in [3.8, 4) is 5.75 Å². The summed E-state index contributed by atoms with van der Waals surface area (Å²) in [5.74, 6) is 0.00605. The van der Waals surface area contributed by atoms with Crippen LogP contribution in [0.15, 0.2) is 60.3 Å². The van der Waals surface area contributed by atoms with Gasteiger partial charge in [-0.15, -0.1) is 0 Å². The summed E-state index contributed by atoms with van der Waals surface area (Å²) in [5, 5.41) is 2.98. The molecule has 0 atom stereocenters. The number of carbonyl (C=O) groups is 2. The third-order valence-electron chi connectivity index (χ3n) is 4.69. The lowest BCUT2D eigenvalue weighted by Gasteiger charge is -2.28. The van der Waals surface area contributed by atoms with Crippen LogP contribution in [0.3, 0.4) is 0 Å². The minimum absolute atomic E-state index is 0.107. The van der Waals surface area contributed by atoms with Crippen molar-refractivity contribution in [2.45, 2.75) is 19.3 Å². The van der Waals surface area contributed by atoms with Crippen LogP contribution in [0, 0.1) is 0 Å². The molecule has 0 spiro atoms. The summed E-state index contributed by atoms with van der Waals surface area (Å²) in [6.45, 7) is 1.33. The fourth-order valence-electron chi connectivity index (χ4n) is 3.11. The molecule has 0 radical (unpaired) electrons. The van der Waals surface area contributed by atoms with Crippen molar-refractivity contribution in [3.05, 3.63) is 71.4 Å². The summed E-state index contributed by atoms with van der Waals surface area (Å²) in [6, 6.07) is 15.9. The van der Waals surface area contributed by atoms with Crippen LogP contribution in [0.5, 0.6) is 5.75 Å². The maximum Gasteiger partial charge on any atom is 0.271 e. The molecule has 2 aromatic carbocycles. The number of rotatable bonds is 5. The van der Waals surface area contributed by atoms with Gasteiger partial charge in [-0.1, -0.05) is 41.9 Å². The summed E-state index contributed by atoms with van der Waals surface area (Å²) < 4.78 is 5.12. The molecule has 6 heteroatoms. The molecule has 1 heterocycles. The Labute approximate surface area is 169 Å². The van der Waals surface area contributed by atoms with Crippen molar-refractivity contribution in [1.82, 2.24) is 10.2 Å². The Balaban J connectivity index is 1.91. The fourth-order valence-corrected chi connectivity index (χ4v) is 3.37. The molecule has 2 amide bonds. The van der Waals surface area contributed by atoms with Crippen molar-refractivity contribution in [3.63, 3.8) is 0 Å². The largest absolute Gasteiger partial charge is 0.497 e. The van der Waals surface area contributed by atoms with Crippen molar-refractivity contribution >= 4 is 28.4 Å². The highest BCUT2D eigenvalue weighted by Crippen LogP contribution is 2.24. The average Bonchev–Trinajstić information content (AvgIpc) is 2.77.